The number of carbonyl (C=O) groups excluding carboxylic acids is 3. The topological polar surface area (TPSA) is 78.9 Å². The van der Waals surface area contributed by atoms with Gasteiger partial charge in [0.05, 0.1) is 0 Å². The van der Waals surface area contributed by atoms with Crippen LogP contribution in [0.25, 0.3) is 0 Å². The Kier molecular flexibility index (Phi) is 63.6. The maximum Gasteiger partial charge on any atom is 0.306 e. The fraction of sp³-hybridized carbons (Fsp3) is 0.845. The Morgan fingerprint density at radius 2 is 0.506 bits per heavy atom. The van der Waals surface area contributed by atoms with Crippen LogP contribution in [0.1, 0.15) is 367 Å². The first-order chi connectivity index (χ1) is 38.0. The highest BCUT2D eigenvalue weighted by molar-refractivity contribution is 5.71. The highest BCUT2D eigenvalue weighted by Gasteiger charge is 2.19. The van der Waals surface area contributed by atoms with E-state index in [1.807, 2.05) is 0 Å². The molecular formula is C71H130O6. The Labute approximate surface area is 479 Å². The van der Waals surface area contributed by atoms with E-state index in [9.17, 15) is 14.4 Å². The van der Waals surface area contributed by atoms with Crippen LogP contribution in [0.5, 0.6) is 0 Å². The molecule has 6 nitrogen and oxygen atoms in total. The molecule has 0 bridgehead atoms. The smallest absolute Gasteiger partial charge is 0.306 e. The second kappa shape index (κ2) is 65.9. The summed E-state index contributed by atoms with van der Waals surface area (Å²) in [7, 11) is 0. The van der Waals surface area contributed by atoms with Crippen molar-refractivity contribution in [1.82, 2.24) is 0 Å². The van der Waals surface area contributed by atoms with Crippen molar-refractivity contribution in [3.63, 3.8) is 0 Å². The minimum atomic E-state index is -0.781. The van der Waals surface area contributed by atoms with Crippen molar-refractivity contribution in [1.29, 1.82) is 0 Å². The molecule has 0 radical (unpaired) electrons. The van der Waals surface area contributed by atoms with Gasteiger partial charge in [0, 0.05) is 19.3 Å². The summed E-state index contributed by atoms with van der Waals surface area (Å²) in [5.74, 6) is -0.871. The number of hydrogen-bond donors (Lipinski definition) is 0. The fourth-order valence-electron chi connectivity index (χ4n) is 10.2. The van der Waals surface area contributed by atoms with Crippen molar-refractivity contribution in [2.75, 3.05) is 13.2 Å². The van der Waals surface area contributed by atoms with Crippen molar-refractivity contribution in [2.45, 2.75) is 374 Å². The van der Waals surface area contributed by atoms with Gasteiger partial charge in [0.1, 0.15) is 13.2 Å². The van der Waals surface area contributed by atoms with E-state index in [0.29, 0.717) is 19.3 Å². The number of carbonyl (C=O) groups is 3. The normalized spacial score (nSPS) is 12.3. The first-order valence-electron chi connectivity index (χ1n) is 34.1. The molecule has 1 unspecified atom stereocenters. The molecule has 77 heavy (non-hydrogen) atoms. The lowest BCUT2D eigenvalue weighted by Gasteiger charge is -2.18. The number of unbranched alkanes of at least 4 members (excludes halogenated alkanes) is 44. The van der Waals surface area contributed by atoms with E-state index in [2.05, 4.69) is 69.4 Å². The Morgan fingerprint density at radius 1 is 0.273 bits per heavy atom. The van der Waals surface area contributed by atoms with E-state index >= 15 is 0 Å². The maximum absolute atomic E-state index is 12.9. The van der Waals surface area contributed by atoms with Crippen molar-refractivity contribution >= 4 is 17.9 Å². The first-order valence-corrected chi connectivity index (χ1v) is 34.1. The van der Waals surface area contributed by atoms with Crippen LogP contribution in [0.3, 0.4) is 0 Å². The quantitative estimate of drug-likeness (QED) is 0.0261. The van der Waals surface area contributed by atoms with Crippen LogP contribution in [0.4, 0.5) is 0 Å². The molecule has 0 fully saturated rings. The molecule has 0 aliphatic heterocycles. The summed E-state index contributed by atoms with van der Waals surface area (Å²) in [6, 6.07) is 0. The molecule has 0 aromatic rings. The van der Waals surface area contributed by atoms with Gasteiger partial charge < -0.3 is 14.2 Å². The van der Waals surface area contributed by atoms with E-state index in [4.69, 9.17) is 14.2 Å². The third kappa shape index (κ3) is 64.1. The fourth-order valence-corrected chi connectivity index (χ4v) is 10.2. The SMILES string of the molecule is CC/C=C\C/C=C\C/C=C\CCCCCCCC(=O)OCC(COC(=O)CCCCCCCCCCCCCCCCCCCCCCCCC)OC(=O)CCCCCCCCCCC/C=C\CCCCCCCCCC. The van der Waals surface area contributed by atoms with Gasteiger partial charge in [-0.1, -0.05) is 320 Å². The van der Waals surface area contributed by atoms with Crippen LogP contribution >= 0.6 is 0 Å². The summed E-state index contributed by atoms with van der Waals surface area (Å²) >= 11 is 0. The molecule has 6 heteroatoms. The lowest BCUT2D eigenvalue weighted by Crippen LogP contribution is -2.30. The monoisotopic (exact) mass is 1080 g/mol. The number of ether oxygens (including phenoxy) is 3. The zero-order chi connectivity index (χ0) is 55.7. The molecular weight excluding hydrogens is 949 g/mol. The summed E-state index contributed by atoms with van der Waals surface area (Å²) in [6.45, 7) is 6.58. The Balaban J connectivity index is 4.30. The number of hydrogen-bond acceptors (Lipinski definition) is 6. The standard InChI is InChI=1S/C71H130O6/c1-4-7-10-13-16-19-22-25-28-30-32-34-35-37-38-40-43-46-49-52-55-58-61-64-70(73)76-67-68(66-75-69(72)63-60-57-54-51-48-45-42-27-24-21-18-15-12-9-6-3)77-71(74)65-62-59-56-53-50-47-44-41-39-36-33-31-29-26-23-20-17-14-11-8-5-2/h9,12,18,21,27,31,33,42,68H,4-8,10-11,13-17,19-20,22-26,28-30,32,34-41,43-67H2,1-3H3/b12-9-,21-18-,33-31-,42-27-. The molecule has 0 aromatic carbocycles. The van der Waals surface area contributed by atoms with Gasteiger partial charge in [-0.25, -0.2) is 0 Å². The predicted molar refractivity (Wildman–Crippen MR) is 335 cm³/mol. The average molecular weight is 1080 g/mol. The molecule has 0 spiro atoms. The van der Waals surface area contributed by atoms with Crippen LogP contribution in [-0.4, -0.2) is 37.2 Å². The van der Waals surface area contributed by atoms with E-state index < -0.39 is 6.10 Å². The second-order valence-corrected chi connectivity index (χ2v) is 23.1. The van der Waals surface area contributed by atoms with Gasteiger partial charge in [0.25, 0.3) is 0 Å². The molecule has 0 heterocycles. The molecule has 1 atom stereocenters. The van der Waals surface area contributed by atoms with E-state index in [1.54, 1.807) is 0 Å². The van der Waals surface area contributed by atoms with Crippen molar-refractivity contribution < 1.29 is 28.6 Å². The molecule has 0 N–H and O–H groups in total. The zero-order valence-corrected chi connectivity index (χ0v) is 51.7. The Morgan fingerprint density at radius 3 is 0.805 bits per heavy atom. The number of esters is 3. The van der Waals surface area contributed by atoms with Gasteiger partial charge >= 0.3 is 17.9 Å². The van der Waals surface area contributed by atoms with Gasteiger partial charge in [-0.05, 0) is 77.0 Å². The minimum Gasteiger partial charge on any atom is -0.462 e. The number of rotatable bonds is 63. The van der Waals surface area contributed by atoms with Crippen molar-refractivity contribution in [2.24, 2.45) is 0 Å². The van der Waals surface area contributed by atoms with Crippen LogP contribution < -0.4 is 0 Å². The molecule has 450 valence electrons. The van der Waals surface area contributed by atoms with Gasteiger partial charge in [-0.2, -0.15) is 0 Å². The van der Waals surface area contributed by atoms with Crippen molar-refractivity contribution in [3.8, 4) is 0 Å². The molecule has 0 aromatic heterocycles. The lowest BCUT2D eigenvalue weighted by molar-refractivity contribution is -0.167. The van der Waals surface area contributed by atoms with Crippen molar-refractivity contribution in [3.05, 3.63) is 48.6 Å². The van der Waals surface area contributed by atoms with Crippen LogP contribution in [0.2, 0.25) is 0 Å². The van der Waals surface area contributed by atoms with Gasteiger partial charge in [-0.15, -0.1) is 0 Å². The average Bonchev–Trinajstić information content (AvgIpc) is 3.43. The molecule has 0 saturated heterocycles. The molecule has 0 aliphatic rings. The summed E-state index contributed by atoms with van der Waals surface area (Å²) in [5.41, 5.74) is 0. The first kappa shape index (κ1) is 74.4. The van der Waals surface area contributed by atoms with Gasteiger partial charge in [0.15, 0.2) is 6.10 Å². The molecule has 0 amide bonds. The Hall–Kier alpha value is -2.63. The second-order valence-electron chi connectivity index (χ2n) is 23.1. The molecule has 0 rings (SSSR count). The molecule has 0 saturated carbocycles. The van der Waals surface area contributed by atoms with E-state index in [0.717, 1.165) is 96.3 Å². The van der Waals surface area contributed by atoms with E-state index in [-0.39, 0.29) is 31.1 Å². The van der Waals surface area contributed by atoms with Crippen LogP contribution in [-0.2, 0) is 28.6 Å². The summed E-state index contributed by atoms with van der Waals surface area (Å²) in [6.07, 6.45) is 82.8. The maximum atomic E-state index is 12.9. The van der Waals surface area contributed by atoms with Gasteiger partial charge in [0.2, 0.25) is 0 Å². The molecule has 0 aliphatic carbocycles. The van der Waals surface area contributed by atoms with E-state index in [1.165, 1.54) is 231 Å². The largest absolute Gasteiger partial charge is 0.462 e. The third-order valence-electron chi connectivity index (χ3n) is 15.3. The Bertz CT molecular complexity index is 1330. The highest BCUT2D eigenvalue weighted by atomic mass is 16.6. The van der Waals surface area contributed by atoms with Gasteiger partial charge in [-0.3, -0.25) is 14.4 Å². The minimum absolute atomic E-state index is 0.0756. The number of allylic oxidation sites excluding steroid dienone is 8. The predicted octanol–water partition coefficient (Wildman–Crippen LogP) is 23.3. The third-order valence-corrected chi connectivity index (χ3v) is 15.3. The lowest BCUT2D eigenvalue weighted by atomic mass is 10.0. The van der Waals surface area contributed by atoms with Crippen LogP contribution in [0.15, 0.2) is 48.6 Å². The summed E-state index contributed by atoms with van der Waals surface area (Å²) in [5, 5.41) is 0. The highest BCUT2D eigenvalue weighted by Crippen LogP contribution is 2.18. The zero-order valence-electron chi connectivity index (χ0n) is 51.7. The summed E-state index contributed by atoms with van der Waals surface area (Å²) in [4.78, 5) is 38.4. The van der Waals surface area contributed by atoms with Crippen LogP contribution in [0, 0.1) is 0 Å². The summed E-state index contributed by atoms with van der Waals surface area (Å²) < 4.78 is 17.0.